The monoisotopic (exact) mass is 240 g/mol. The molecule has 0 aliphatic carbocycles. The van der Waals surface area contributed by atoms with E-state index >= 15 is 0 Å². The number of benzene rings is 1. The van der Waals surface area contributed by atoms with Gasteiger partial charge in [-0.05, 0) is 18.9 Å². The highest BCUT2D eigenvalue weighted by Gasteiger charge is 2.17. The Hall–Kier alpha value is -2.26. The van der Waals surface area contributed by atoms with Crippen molar-refractivity contribution in [2.75, 3.05) is 6.54 Å². The van der Waals surface area contributed by atoms with Crippen LogP contribution in [0.15, 0.2) is 30.3 Å². The Labute approximate surface area is 108 Å². The molecule has 0 radical (unpaired) electrons. The predicted molar refractivity (Wildman–Crippen MR) is 70.3 cm³/mol. The van der Waals surface area contributed by atoms with Crippen molar-refractivity contribution in [2.45, 2.75) is 19.8 Å². The zero-order valence-electron chi connectivity index (χ0n) is 10.4. The van der Waals surface area contributed by atoms with Gasteiger partial charge in [0.15, 0.2) is 0 Å². The summed E-state index contributed by atoms with van der Waals surface area (Å²) in [6, 6.07) is 11.6. The summed E-state index contributed by atoms with van der Waals surface area (Å²) in [4.78, 5) is 11.8. The van der Waals surface area contributed by atoms with E-state index in [4.69, 9.17) is 5.26 Å². The third-order valence-corrected chi connectivity index (χ3v) is 2.48. The first-order chi connectivity index (χ1) is 8.77. The third kappa shape index (κ3) is 4.72. The standard InChI is InChI=1S/C15H16N2O/c1-2-3-7-10-17-15(18)14(12-16)11-13-8-5-4-6-9-13/h4-6,8-9,14H,7,10-11H2,1H3,(H,17,18). The number of amides is 1. The maximum Gasteiger partial charge on any atom is 0.237 e. The summed E-state index contributed by atoms with van der Waals surface area (Å²) in [7, 11) is 0. The molecule has 1 amide bonds. The van der Waals surface area contributed by atoms with Crippen LogP contribution >= 0.6 is 0 Å². The Balaban J connectivity index is 2.48. The first-order valence-corrected chi connectivity index (χ1v) is 5.88. The van der Waals surface area contributed by atoms with E-state index in [1.807, 2.05) is 36.4 Å². The van der Waals surface area contributed by atoms with E-state index in [1.54, 1.807) is 6.92 Å². The maximum absolute atomic E-state index is 11.8. The molecule has 0 aliphatic rings. The van der Waals surface area contributed by atoms with Crippen LogP contribution in [0.1, 0.15) is 18.9 Å². The normalized spacial score (nSPS) is 10.7. The zero-order valence-corrected chi connectivity index (χ0v) is 10.4. The molecule has 0 bridgehead atoms. The number of carbonyl (C=O) groups is 1. The van der Waals surface area contributed by atoms with Gasteiger partial charge in [-0.15, -0.1) is 11.8 Å². The molecule has 1 unspecified atom stereocenters. The lowest BCUT2D eigenvalue weighted by atomic mass is 10.00. The molecule has 1 aromatic carbocycles. The van der Waals surface area contributed by atoms with Gasteiger partial charge in [-0.2, -0.15) is 5.26 Å². The number of hydrogen-bond acceptors (Lipinski definition) is 2. The van der Waals surface area contributed by atoms with Gasteiger partial charge in [0.05, 0.1) is 6.07 Å². The maximum atomic E-state index is 11.8. The van der Waals surface area contributed by atoms with Crippen LogP contribution in [0.4, 0.5) is 0 Å². The van der Waals surface area contributed by atoms with Crippen LogP contribution in [-0.4, -0.2) is 12.5 Å². The molecule has 1 aromatic rings. The van der Waals surface area contributed by atoms with Crippen molar-refractivity contribution in [1.29, 1.82) is 5.26 Å². The lowest BCUT2D eigenvalue weighted by Gasteiger charge is -2.09. The van der Waals surface area contributed by atoms with Crippen LogP contribution in [0.25, 0.3) is 0 Å². The van der Waals surface area contributed by atoms with Crippen molar-refractivity contribution in [3.05, 3.63) is 35.9 Å². The fraction of sp³-hybridized carbons (Fsp3) is 0.333. The van der Waals surface area contributed by atoms with Gasteiger partial charge in [-0.25, -0.2) is 0 Å². The molecule has 1 atom stereocenters. The van der Waals surface area contributed by atoms with E-state index in [-0.39, 0.29) is 5.91 Å². The van der Waals surface area contributed by atoms with Gasteiger partial charge in [-0.3, -0.25) is 4.79 Å². The Kier molecular flexibility index (Phi) is 6.08. The van der Waals surface area contributed by atoms with Crippen LogP contribution < -0.4 is 5.32 Å². The molecule has 0 aromatic heterocycles. The Morgan fingerprint density at radius 1 is 1.39 bits per heavy atom. The van der Waals surface area contributed by atoms with Gasteiger partial charge in [-0.1, -0.05) is 30.3 Å². The van der Waals surface area contributed by atoms with E-state index in [9.17, 15) is 4.79 Å². The van der Waals surface area contributed by atoms with Gasteiger partial charge < -0.3 is 5.32 Å². The third-order valence-electron chi connectivity index (χ3n) is 2.48. The Bertz CT molecular complexity index is 477. The van der Waals surface area contributed by atoms with E-state index < -0.39 is 5.92 Å². The second kappa shape index (κ2) is 7.92. The van der Waals surface area contributed by atoms with Crippen molar-refractivity contribution in [3.8, 4) is 17.9 Å². The van der Waals surface area contributed by atoms with Crippen LogP contribution in [0.2, 0.25) is 0 Å². The number of nitrogens with one attached hydrogen (secondary N) is 1. The number of nitriles is 1. The molecule has 92 valence electrons. The molecule has 3 heteroatoms. The van der Waals surface area contributed by atoms with Gasteiger partial charge in [0.1, 0.15) is 5.92 Å². The molecular formula is C15H16N2O. The molecule has 1 N–H and O–H groups in total. The molecular weight excluding hydrogens is 224 g/mol. The zero-order chi connectivity index (χ0) is 13.2. The summed E-state index contributed by atoms with van der Waals surface area (Å²) in [6.07, 6.45) is 1.06. The largest absolute Gasteiger partial charge is 0.354 e. The fourth-order valence-corrected chi connectivity index (χ4v) is 1.54. The van der Waals surface area contributed by atoms with E-state index in [1.165, 1.54) is 0 Å². The van der Waals surface area contributed by atoms with E-state index in [2.05, 4.69) is 17.2 Å². The predicted octanol–water partition coefficient (Wildman–Crippen LogP) is 1.90. The molecule has 0 aliphatic heterocycles. The number of carbonyl (C=O) groups excluding carboxylic acids is 1. The van der Waals surface area contributed by atoms with Crippen LogP contribution in [0, 0.1) is 29.1 Å². The molecule has 3 nitrogen and oxygen atoms in total. The van der Waals surface area contributed by atoms with Crippen molar-refractivity contribution >= 4 is 5.91 Å². The fourth-order valence-electron chi connectivity index (χ4n) is 1.54. The van der Waals surface area contributed by atoms with Crippen molar-refractivity contribution in [1.82, 2.24) is 5.32 Å². The first kappa shape index (κ1) is 13.8. The van der Waals surface area contributed by atoms with Crippen LogP contribution in [-0.2, 0) is 11.2 Å². The number of hydrogen-bond donors (Lipinski definition) is 1. The van der Waals surface area contributed by atoms with Gasteiger partial charge >= 0.3 is 0 Å². The van der Waals surface area contributed by atoms with Gasteiger partial charge in [0, 0.05) is 13.0 Å². The second-order valence-electron chi connectivity index (χ2n) is 3.84. The molecule has 0 heterocycles. The summed E-state index contributed by atoms with van der Waals surface area (Å²) in [5.74, 6) is 4.76. The average Bonchev–Trinajstić information content (AvgIpc) is 2.42. The summed E-state index contributed by atoms with van der Waals surface area (Å²) in [5, 5.41) is 11.7. The first-order valence-electron chi connectivity index (χ1n) is 5.88. The lowest BCUT2D eigenvalue weighted by Crippen LogP contribution is -2.31. The lowest BCUT2D eigenvalue weighted by molar-refractivity contribution is -0.123. The molecule has 0 fully saturated rings. The highest BCUT2D eigenvalue weighted by molar-refractivity contribution is 5.81. The highest BCUT2D eigenvalue weighted by atomic mass is 16.1. The quantitative estimate of drug-likeness (QED) is 0.631. The van der Waals surface area contributed by atoms with Gasteiger partial charge in [0.2, 0.25) is 5.91 Å². The van der Waals surface area contributed by atoms with E-state index in [0.29, 0.717) is 19.4 Å². The average molecular weight is 240 g/mol. The molecule has 18 heavy (non-hydrogen) atoms. The minimum atomic E-state index is -0.637. The minimum Gasteiger partial charge on any atom is -0.354 e. The molecule has 1 rings (SSSR count). The summed E-state index contributed by atoms with van der Waals surface area (Å²) < 4.78 is 0. The van der Waals surface area contributed by atoms with E-state index in [0.717, 1.165) is 5.56 Å². The smallest absolute Gasteiger partial charge is 0.237 e. The number of rotatable bonds is 5. The Morgan fingerprint density at radius 3 is 2.72 bits per heavy atom. The molecule has 0 saturated carbocycles. The topological polar surface area (TPSA) is 52.9 Å². The Morgan fingerprint density at radius 2 is 2.11 bits per heavy atom. The second-order valence-corrected chi connectivity index (χ2v) is 3.84. The molecule has 0 saturated heterocycles. The number of nitrogens with zero attached hydrogens (tertiary/aromatic N) is 1. The SMILES string of the molecule is CC#CCCNC(=O)C(C#N)Cc1ccccc1. The van der Waals surface area contributed by atoms with Crippen molar-refractivity contribution in [3.63, 3.8) is 0 Å². The summed E-state index contributed by atoms with van der Waals surface area (Å²) in [5.41, 5.74) is 0.993. The summed E-state index contributed by atoms with van der Waals surface area (Å²) >= 11 is 0. The van der Waals surface area contributed by atoms with Crippen LogP contribution in [0.5, 0.6) is 0 Å². The highest BCUT2D eigenvalue weighted by Crippen LogP contribution is 2.08. The van der Waals surface area contributed by atoms with Crippen molar-refractivity contribution < 1.29 is 4.79 Å². The van der Waals surface area contributed by atoms with Gasteiger partial charge in [0.25, 0.3) is 0 Å². The minimum absolute atomic E-state index is 0.223. The van der Waals surface area contributed by atoms with Crippen molar-refractivity contribution in [2.24, 2.45) is 5.92 Å². The summed E-state index contributed by atoms with van der Waals surface area (Å²) in [6.45, 7) is 2.25. The van der Waals surface area contributed by atoms with Crippen LogP contribution in [0.3, 0.4) is 0 Å². The molecule has 0 spiro atoms.